The SMILES string of the molecule is CC(CC1CC1)Nc1cc(C(F)(F)F)ncc1[N+](=O)[O-]. The van der Waals surface area contributed by atoms with E-state index in [-0.39, 0.29) is 11.7 Å². The molecular formula is C12H14F3N3O2. The predicted octanol–water partition coefficient (Wildman–Crippen LogP) is 3.61. The monoisotopic (exact) mass is 289 g/mol. The molecule has 0 aliphatic heterocycles. The Kier molecular flexibility index (Phi) is 3.82. The Bertz CT molecular complexity index is 515. The first-order valence-electron chi connectivity index (χ1n) is 6.25. The van der Waals surface area contributed by atoms with Crippen molar-refractivity contribution in [1.82, 2.24) is 4.98 Å². The minimum atomic E-state index is -4.62. The number of pyridine rings is 1. The van der Waals surface area contributed by atoms with Gasteiger partial charge in [-0.05, 0) is 25.3 Å². The minimum Gasteiger partial charge on any atom is -0.377 e. The van der Waals surface area contributed by atoms with Gasteiger partial charge in [0.25, 0.3) is 0 Å². The second-order valence-electron chi connectivity index (χ2n) is 5.07. The maximum absolute atomic E-state index is 12.6. The van der Waals surface area contributed by atoms with Crippen molar-refractivity contribution < 1.29 is 18.1 Å². The summed E-state index contributed by atoms with van der Waals surface area (Å²) in [5.41, 5.74) is -1.71. The molecule has 0 saturated heterocycles. The Hall–Kier alpha value is -1.86. The second kappa shape index (κ2) is 5.26. The summed E-state index contributed by atoms with van der Waals surface area (Å²) in [5.74, 6) is 0.570. The number of halogens is 3. The summed E-state index contributed by atoms with van der Waals surface area (Å²) in [6.07, 6.45) is -0.961. The van der Waals surface area contributed by atoms with Crippen LogP contribution in [0.3, 0.4) is 0 Å². The molecule has 5 nitrogen and oxygen atoms in total. The van der Waals surface area contributed by atoms with Crippen LogP contribution in [0.25, 0.3) is 0 Å². The Morgan fingerprint density at radius 1 is 1.55 bits per heavy atom. The number of hydrogen-bond acceptors (Lipinski definition) is 4. The molecule has 8 heteroatoms. The van der Waals surface area contributed by atoms with E-state index in [4.69, 9.17) is 0 Å². The Morgan fingerprint density at radius 3 is 2.70 bits per heavy atom. The molecule has 1 fully saturated rings. The van der Waals surface area contributed by atoms with Gasteiger partial charge in [0.15, 0.2) is 0 Å². The third-order valence-electron chi connectivity index (χ3n) is 3.16. The smallest absolute Gasteiger partial charge is 0.377 e. The number of alkyl halides is 3. The quantitative estimate of drug-likeness (QED) is 0.664. The highest BCUT2D eigenvalue weighted by Crippen LogP contribution is 2.36. The van der Waals surface area contributed by atoms with Gasteiger partial charge in [0.1, 0.15) is 17.6 Å². The van der Waals surface area contributed by atoms with Gasteiger partial charge in [-0.25, -0.2) is 4.98 Å². The number of anilines is 1. The molecule has 0 radical (unpaired) electrons. The highest BCUT2D eigenvalue weighted by atomic mass is 19.4. The lowest BCUT2D eigenvalue weighted by molar-refractivity contribution is -0.384. The van der Waals surface area contributed by atoms with Crippen LogP contribution in [0.2, 0.25) is 0 Å². The average molecular weight is 289 g/mol. The van der Waals surface area contributed by atoms with Gasteiger partial charge in [-0.15, -0.1) is 0 Å². The summed E-state index contributed by atoms with van der Waals surface area (Å²) in [5, 5.41) is 13.6. The van der Waals surface area contributed by atoms with E-state index in [1.807, 2.05) is 0 Å². The lowest BCUT2D eigenvalue weighted by Crippen LogP contribution is -2.18. The summed E-state index contributed by atoms with van der Waals surface area (Å²) < 4.78 is 37.8. The number of aromatic nitrogens is 1. The first-order valence-corrected chi connectivity index (χ1v) is 6.25. The van der Waals surface area contributed by atoms with Gasteiger partial charge in [0, 0.05) is 6.04 Å². The number of nitro groups is 1. The van der Waals surface area contributed by atoms with Gasteiger partial charge >= 0.3 is 11.9 Å². The van der Waals surface area contributed by atoms with Gasteiger partial charge in [0.2, 0.25) is 0 Å². The highest BCUT2D eigenvalue weighted by molar-refractivity contribution is 5.61. The van der Waals surface area contributed by atoms with E-state index in [0.29, 0.717) is 18.2 Å². The van der Waals surface area contributed by atoms with Crippen LogP contribution in [0.5, 0.6) is 0 Å². The van der Waals surface area contributed by atoms with Crippen LogP contribution in [0.1, 0.15) is 31.9 Å². The molecular weight excluding hydrogens is 275 g/mol. The molecule has 1 heterocycles. The summed E-state index contributed by atoms with van der Waals surface area (Å²) in [6.45, 7) is 1.80. The van der Waals surface area contributed by atoms with Crippen molar-refractivity contribution in [2.45, 2.75) is 38.4 Å². The summed E-state index contributed by atoms with van der Waals surface area (Å²) in [7, 11) is 0. The van der Waals surface area contributed by atoms with Crippen LogP contribution in [0.4, 0.5) is 24.5 Å². The maximum Gasteiger partial charge on any atom is 0.433 e. The summed E-state index contributed by atoms with van der Waals surface area (Å²) >= 11 is 0. The van der Waals surface area contributed by atoms with Gasteiger partial charge in [0.05, 0.1) is 4.92 Å². The zero-order chi connectivity index (χ0) is 14.9. The lowest BCUT2D eigenvalue weighted by Gasteiger charge is -2.16. The Labute approximate surface area is 113 Å². The van der Waals surface area contributed by atoms with E-state index in [9.17, 15) is 23.3 Å². The fraction of sp³-hybridized carbons (Fsp3) is 0.583. The molecule has 0 aromatic carbocycles. The molecule has 1 aliphatic rings. The topological polar surface area (TPSA) is 68.1 Å². The Morgan fingerprint density at radius 2 is 2.20 bits per heavy atom. The van der Waals surface area contributed by atoms with Crippen LogP contribution in [0, 0.1) is 16.0 Å². The van der Waals surface area contributed by atoms with E-state index in [2.05, 4.69) is 10.3 Å². The van der Waals surface area contributed by atoms with Crippen molar-refractivity contribution in [3.05, 3.63) is 28.1 Å². The van der Waals surface area contributed by atoms with E-state index in [1.54, 1.807) is 6.92 Å². The van der Waals surface area contributed by atoms with Gasteiger partial charge in [-0.2, -0.15) is 13.2 Å². The number of hydrogen-bond donors (Lipinski definition) is 1. The first kappa shape index (κ1) is 14.5. The predicted molar refractivity (Wildman–Crippen MR) is 66.3 cm³/mol. The second-order valence-corrected chi connectivity index (χ2v) is 5.07. The molecule has 20 heavy (non-hydrogen) atoms. The molecule has 1 aliphatic carbocycles. The van der Waals surface area contributed by atoms with Crippen LogP contribution in [-0.2, 0) is 6.18 Å². The lowest BCUT2D eigenvalue weighted by atomic mass is 10.1. The van der Waals surface area contributed by atoms with Gasteiger partial charge in [-0.1, -0.05) is 12.8 Å². The molecule has 1 N–H and O–H groups in total. The molecule has 110 valence electrons. The largest absolute Gasteiger partial charge is 0.433 e. The molecule has 0 spiro atoms. The van der Waals surface area contributed by atoms with Crippen LogP contribution >= 0.6 is 0 Å². The third kappa shape index (κ3) is 3.58. The average Bonchev–Trinajstić information content (AvgIpc) is 3.11. The minimum absolute atomic E-state index is 0.121. The number of nitrogens with zero attached hydrogens (tertiary/aromatic N) is 2. The zero-order valence-electron chi connectivity index (χ0n) is 10.8. The Balaban J connectivity index is 2.23. The molecule has 1 atom stereocenters. The number of nitrogens with one attached hydrogen (secondary N) is 1. The highest BCUT2D eigenvalue weighted by Gasteiger charge is 2.34. The molecule has 1 aromatic heterocycles. The fourth-order valence-corrected chi connectivity index (χ4v) is 2.04. The first-order chi connectivity index (χ1) is 9.27. The van der Waals surface area contributed by atoms with E-state index >= 15 is 0 Å². The zero-order valence-corrected chi connectivity index (χ0v) is 10.8. The van der Waals surface area contributed by atoms with E-state index < -0.39 is 22.5 Å². The fourth-order valence-electron chi connectivity index (χ4n) is 2.04. The van der Waals surface area contributed by atoms with E-state index in [1.165, 1.54) is 0 Å². The summed E-state index contributed by atoms with van der Waals surface area (Å²) in [6, 6.07) is 0.575. The van der Waals surface area contributed by atoms with Crippen molar-refractivity contribution in [3.63, 3.8) is 0 Å². The van der Waals surface area contributed by atoms with Crippen molar-refractivity contribution in [2.24, 2.45) is 5.92 Å². The maximum atomic E-state index is 12.6. The van der Waals surface area contributed by atoms with Crippen LogP contribution < -0.4 is 5.32 Å². The summed E-state index contributed by atoms with van der Waals surface area (Å²) in [4.78, 5) is 13.2. The van der Waals surface area contributed by atoms with Crippen molar-refractivity contribution in [1.29, 1.82) is 0 Å². The van der Waals surface area contributed by atoms with Crippen molar-refractivity contribution >= 4 is 11.4 Å². The third-order valence-corrected chi connectivity index (χ3v) is 3.16. The molecule has 2 rings (SSSR count). The molecule has 1 saturated carbocycles. The molecule has 0 bridgehead atoms. The molecule has 0 amide bonds. The van der Waals surface area contributed by atoms with Crippen LogP contribution in [-0.4, -0.2) is 15.9 Å². The standard InChI is InChI=1S/C12H14F3N3O2/c1-7(4-8-2-3-8)17-9-5-11(12(13,14)15)16-6-10(9)18(19)20/h5-8H,2-4H2,1H3,(H,16,17). The van der Waals surface area contributed by atoms with Crippen LogP contribution in [0.15, 0.2) is 12.3 Å². The normalized spacial score (nSPS) is 16.8. The number of rotatable bonds is 5. The molecule has 1 unspecified atom stereocenters. The molecule has 1 aromatic rings. The van der Waals surface area contributed by atoms with Crippen molar-refractivity contribution in [3.8, 4) is 0 Å². The van der Waals surface area contributed by atoms with Gasteiger partial charge < -0.3 is 5.32 Å². The van der Waals surface area contributed by atoms with Gasteiger partial charge in [-0.3, -0.25) is 10.1 Å². The van der Waals surface area contributed by atoms with Crippen molar-refractivity contribution in [2.75, 3.05) is 5.32 Å². The van der Waals surface area contributed by atoms with E-state index in [0.717, 1.165) is 19.3 Å².